The molecule has 0 unspecified atom stereocenters. The fourth-order valence-corrected chi connectivity index (χ4v) is 3.81. The maximum absolute atomic E-state index is 13.1. The Morgan fingerprint density at radius 3 is 2.64 bits per heavy atom. The molecule has 0 saturated carbocycles. The number of pyridine rings is 1. The van der Waals surface area contributed by atoms with Crippen molar-refractivity contribution in [3.63, 3.8) is 0 Å². The van der Waals surface area contributed by atoms with Gasteiger partial charge in [0.1, 0.15) is 11.9 Å². The molecule has 0 radical (unpaired) electrons. The predicted octanol–water partition coefficient (Wildman–Crippen LogP) is 2.57. The van der Waals surface area contributed by atoms with E-state index in [0.29, 0.717) is 37.6 Å². The summed E-state index contributed by atoms with van der Waals surface area (Å²) in [6.07, 6.45) is 9.77. The molecular weight excluding hydrogens is 499 g/mol. The van der Waals surface area contributed by atoms with Crippen molar-refractivity contribution in [1.29, 1.82) is 0 Å². The Hall–Kier alpha value is -4.04. The van der Waals surface area contributed by atoms with Gasteiger partial charge in [-0.15, -0.1) is 0 Å². The molecule has 2 amide bonds. The van der Waals surface area contributed by atoms with E-state index in [-0.39, 0.29) is 11.8 Å². The Balaban J connectivity index is 1.52. The van der Waals surface area contributed by atoms with Gasteiger partial charge in [-0.1, -0.05) is 17.9 Å². The zero-order chi connectivity index (χ0) is 28.2. The Labute approximate surface area is 229 Å². The van der Waals surface area contributed by atoms with E-state index in [9.17, 15) is 14.0 Å². The van der Waals surface area contributed by atoms with Crippen LogP contribution in [0, 0.1) is 17.8 Å². The van der Waals surface area contributed by atoms with E-state index in [1.54, 1.807) is 32.3 Å². The molecule has 1 aliphatic rings. The number of carbonyl (C=O) groups excluding carboxylic acids is 2. The lowest BCUT2D eigenvalue weighted by molar-refractivity contribution is -0.135. The first-order valence-electron chi connectivity index (χ1n) is 13.1. The van der Waals surface area contributed by atoms with Gasteiger partial charge in [-0.05, 0) is 52.4 Å². The summed E-state index contributed by atoms with van der Waals surface area (Å²) in [4.78, 5) is 43.0. The molecule has 1 fully saturated rings. The average molecular weight is 537 g/mol. The summed E-state index contributed by atoms with van der Waals surface area (Å²) in [5.74, 6) is 6.53. The van der Waals surface area contributed by atoms with E-state index in [4.69, 9.17) is 0 Å². The van der Waals surface area contributed by atoms with Crippen molar-refractivity contribution < 1.29 is 14.0 Å². The monoisotopic (exact) mass is 536 g/mol. The molecule has 0 spiro atoms. The molecule has 0 bridgehead atoms. The largest absolute Gasteiger partial charge is 0.355 e. The Morgan fingerprint density at radius 2 is 1.95 bits per heavy atom. The molecule has 0 aromatic carbocycles. The van der Waals surface area contributed by atoms with E-state index in [1.807, 2.05) is 19.0 Å². The molecule has 3 rings (SSSR count). The second-order valence-corrected chi connectivity index (χ2v) is 9.61. The quantitative estimate of drug-likeness (QED) is 0.195. The Bertz CT molecular complexity index is 1200. The maximum atomic E-state index is 13.1. The Kier molecular flexibility index (Phi) is 11.2. The van der Waals surface area contributed by atoms with Gasteiger partial charge in [0.25, 0.3) is 0 Å². The smallest absolute Gasteiger partial charge is 0.246 e. The maximum Gasteiger partial charge on any atom is 0.246 e. The fraction of sp³-hybridized carbons (Fsp3) is 0.464. The van der Waals surface area contributed by atoms with E-state index >= 15 is 0 Å². The molecule has 0 aliphatic carbocycles. The van der Waals surface area contributed by atoms with Crippen LogP contribution in [0.2, 0.25) is 0 Å². The van der Waals surface area contributed by atoms with Crippen molar-refractivity contribution in [3.8, 4) is 11.8 Å². The van der Waals surface area contributed by atoms with Crippen LogP contribution < -0.4 is 15.5 Å². The second kappa shape index (κ2) is 14.8. The summed E-state index contributed by atoms with van der Waals surface area (Å²) in [7, 11) is 5.46. The van der Waals surface area contributed by atoms with Crippen LogP contribution >= 0.6 is 0 Å². The van der Waals surface area contributed by atoms with Crippen molar-refractivity contribution in [2.45, 2.75) is 38.6 Å². The first kappa shape index (κ1) is 29.5. The molecule has 2 N–H and O–H groups in total. The van der Waals surface area contributed by atoms with Gasteiger partial charge in [0.15, 0.2) is 0 Å². The minimum atomic E-state index is -0.578. The number of halogens is 1. The van der Waals surface area contributed by atoms with Crippen LogP contribution in [0.5, 0.6) is 0 Å². The average Bonchev–Trinajstić information content (AvgIpc) is 3.46. The molecule has 2 aromatic rings. The third-order valence-electron chi connectivity index (χ3n) is 6.20. The number of likely N-dealkylation sites (N-methyl/N-ethyl adjacent to an activating group) is 2. The van der Waals surface area contributed by atoms with Crippen molar-refractivity contribution in [1.82, 2.24) is 30.1 Å². The highest BCUT2D eigenvalue weighted by atomic mass is 19.1. The minimum absolute atomic E-state index is 0.205. The van der Waals surface area contributed by atoms with Crippen molar-refractivity contribution >= 4 is 29.3 Å². The molecule has 10 nitrogen and oxygen atoms in total. The van der Waals surface area contributed by atoms with E-state index in [0.717, 1.165) is 37.3 Å². The standard InChI is InChI=1S/C28H37FN8O2/c1-21(36(4)25(38)12-10-16-35(2)3)27(39)30-15-7-5-6-11-22-19-32-28(33-23-13-14-24(29)31-20-23)34-26(22)37-17-8-9-18-37/h10,12-14,19-21H,5,7-9,15-18H2,1-4H3,(H,30,39)(H,32,33,34)/b12-10+/t21-/m0/s1. The van der Waals surface area contributed by atoms with Crippen LogP contribution in [-0.4, -0.2) is 89.9 Å². The summed E-state index contributed by atoms with van der Waals surface area (Å²) in [5.41, 5.74) is 1.33. The zero-order valence-electron chi connectivity index (χ0n) is 23.1. The number of hydrogen-bond donors (Lipinski definition) is 2. The lowest BCUT2D eigenvalue weighted by atomic mass is 10.2. The van der Waals surface area contributed by atoms with Crippen molar-refractivity contribution in [3.05, 3.63) is 48.2 Å². The zero-order valence-corrected chi connectivity index (χ0v) is 23.1. The van der Waals surface area contributed by atoms with E-state index < -0.39 is 12.0 Å². The lowest BCUT2D eigenvalue weighted by Gasteiger charge is -2.23. The molecule has 1 atom stereocenters. The topological polar surface area (TPSA) is 107 Å². The molecule has 11 heteroatoms. The van der Waals surface area contributed by atoms with Gasteiger partial charge < -0.3 is 25.3 Å². The van der Waals surface area contributed by atoms with Gasteiger partial charge in [-0.25, -0.2) is 9.97 Å². The number of nitrogens with zero attached hydrogens (tertiary/aromatic N) is 6. The van der Waals surface area contributed by atoms with Crippen LogP contribution in [0.1, 0.15) is 38.2 Å². The number of amides is 2. The summed E-state index contributed by atoms with van der Waals surface area (Å²) in [6.45, 7) is 4.62. The molecule has 1 saturated heterocycles. The number of rotatable bonds is 11. The molecular formula is C28H37FN8O2. The van der Waals surface area contributed by atoms with Gasteiger partial charge in [0.2, 0.25) is 23.7 Å². The molecule has 2 aromatic heterocycles. The number of unbranched alkanes of at least 4 members (excludes halogenated alkanes) is 1. The van der Waals surface area contributed by atoms with Gasteiger partial charge in [-0.2, -0.15) is 9.37 Å². The van der Waals surface area contributed by atoms with Gasteiger partial charge in [0, 0.05) is 45.7 Å². The second-order valence-electron chi connectivity index (χ2n) is 9.61. The highest BCUT2D eigenvalue weighted by Gasteiger charge is 2.20. The third-order valence-corrected chi connectivity index (χ3v) is 6.20. The number of aromatic nitrogens is 3. The SMILES string of the molecule is C[C@@H](C(=O)NCCCC#Cc1cnc(Nc2ccc(F)nc2)nc1N1CCCC1)N(C)C(=O)/C=C/CN(C)C. The summed E-state index contributed by atoms with van der Waals surface area (Å²) in [5, 5.41) is 5.94. The Morgan fingerprint density at radius 1 is 1.18 bits per heavy atom. The van der Waals surface area contributed by atoms with Crippen LogP contribution in [0.3, 0.4) is 0 Å². The van der Waals surface area contributed by atoms with Gasteiger partial charge >= 0.3 is 0 Å². The first-order chi connectivity index (χ1) is 18.7. The first-order valence-corrected chi connectivity index (χ1v) is 13.1. The van der Waals surface area contributed by atoms with Gasteiger partial charge in [0.05, 0.1) is 23.6 Å². The predicted molar refractivity (Wildman–Crippen MR) is 150 cm³/mol. The summed E-state index contributed by atoms with van der Waals surface area (Å²) in [6, 6.07) is 2.27. The molecule has 1 aliphatic heterocycles. The van der Waals surface area contributed by atoms with E-state index in [2.05, 4.69) is 42.3 Å². The van der Waals surface area contributed by atoms with Crippen LogP contribution in [-0.2, 0) is 9.59 Å². The number of hydrogen-bond acceptors (Lipinski definition) is 8. The van der Waals surface area contributed by atoms with Crippen LogP contribution in [0.25, 0.3) is 0 Å². The highest BCUT2D eigenvalue weighted by molar-refractivity contribution is 5.92. The third kappa shape index (κ3) is 9.33. The normalized spacial score (nSPS) is 13.7. The van der Waals surface area contributed by atoms with E-state index in [1.165, 1.54) is 23.2 Å². The summed E-state index contributed by atoms with van der Waals surface area (Å²) >= 11 is 0. The molecule has 208 valence electrons. The van der Waals surface area contributed by atoms with Crippen molar-refractivity contribution in [2.75, 3.05) is 57.5 Å². The van der Waals surface area contributed by atoms with Crippen LogP contribution in [0.15, 0.2) is 36.7 Å². The fourth-order valence-electron chi connectivity index (χ4n) is 3.81. The number of nitrogens with one attached hydrogen (secondary N) is 2. The number of carbonyl (C=O) groups is 2. The number of anilines is 3. The molecule has 39 heavy (non-hydrogen) atoms. The highest BCUT2D eigenvalue weighted by Crippen LogP contribution is 2.24. The summed E-state index contributed by atoms with van der Waals surface area (Å²) < 4.78 is 13.1. The van der Waals surface area contributed by atoms with Crippen LogP contribution in [0.4, 0.5) is 21.8 Å². The van der Waals surface area contributed by atoms with Gasteiger partial charge in [-0.3, -0.25) is 9.59 Å². The minimum Gasteiger partial charge on any atom is -0.355 e. The van der Waals surface area contributed by atoms with Crippen molar-refractivity contribution in [2.24, 2.45) is 0 Å². The lowest BCUT2D eigenvalue weighted by Crippen LogP contribution is -2.45. The molecule has 3 heterocycles.